The fourth-order valence-corrected chi connectivity index (χ4v) is 2.15. The Morgan fingerprint density at radius 1 is 1.20 bits per heavy atom. The number of halogens is 3. The maximum atomic E-state index is 13.7. The van der Waals surface area contributed by atoms with Gasteiger partial charge in [-0.15, -0.1) is 0 Å². The molecule has 0 bridgehead atoms. The molecule has 0 radical (unpaired) electrons. The minimum atomic E-state index is -1.15. The lowest BCUT2D eigenvalue weighted by Gasteiger charge is -2.10. The monoisotopic (exact) mass is 340 g/mol. The molecule has 104 valence electrons. The summed E-state index contributed by atoms with van der Waals surface area (Å²) in [5.41, 5.74) is -0.130. The van der Waals surface area contributed by atoms with Crippen molar-refractivity contribution in [3.8, 4) is 5.75 Å². The molecule has 0 N–H and O–H groups in total. The Hall–Kier alpha value is -1.75. The van der Waals surface area contributed by atoms with Crippen molar-refractivity contribution in [3.05, 3.63) is 63.6 Å². The molecule has 0 unspecified atom stereocenters. The van der Waals surface area contributed by atoms with Crippen LogP contribution in [0.5, 0.6) is 5.75 Å². The van der Waals surface area contributed by atoms with E-state index in [9.17, 15) is 13.6 Å². The Kier molecular flexibility index (Phi) is 4.49. The van der Waals surface area contributed by atoms with Gasteiger partial charge in [0.2, 0.25) is 0 Å². The van der Waals surface area contributed by atoms with E-state index in [1.54, 1.807) is 19.1 Å². The third-order valence-corrected chi connectivity index (χ3v) is 3.18. The van der Waals surface area contributed by atoms with Crippen molar-refractivity contribution in [3.63, 3.8) is 0 Å². The molecule has 0 saturated heterocycles. The van der Waals surface area contributed by atoms with Gasteiger partial charge in [-0.3, -0.25) is 4.79 Å². The first-order valence-electron chi connectivity index (χ1n) is 5.95. The summed E-state index contributed by atoms with van der Waals surface area (Å²) in [5, 5.41) is 0. The Morgan fingerprint density at radius 3 is 2.65 bits per heavy atom. The van der Waals surface area contributed by atoms with Gasteiger partial charge in [-0.2, -0.15) is 0 Å². The molecule has 0 saturated carbocycles. The Bertz CT molecular complexity index is 656. The summed E-state index contributed by atoms with van der Waals surface area (Å²) in [5.74, 6) is -2.49. The van der Waals surface area contributed by atoms with Crippen molar-refractivity contribution in [1.82, 2.24) is 0 Å². The van der Waals surface area contributed by atoms with Gasteiger partial charge in [-0.05, 0) is 37.3 Å². The number of ether oxygens (including phenoxy) is 1. The summed E-state index contributed by atoms with van der Waals surface area (Å²) in [6.07, 6.45) is 0. The van der Waals surface area contributed by atoms with E-state index in [1.165, 1.54) is 18.2 Å². The van der Waals surface area contributed by atoms with Crippen molar-refractivity contribution in [2.24, 2.45) is 0 Å². The average molecular weight is 341 g/mol. The second-order valence-electron chi connectivity index (χ2n) is 4.00. The molecule has 0 aliphatic rings. The first-order valence-corrected chi connectivity index (χ1v) is 6.75. The predicted molar refractivity (Wildman–Crippen MR) is 75.1 cm³/mol. The van der Waals surface area contributed by atoms with Gasteiger partial charge in [0.15, 0.2) is 17.4 Å². The van der Waals surface area contributed by atoms with E-state index in [0.29, 0.717) is 16.8 Å². The Balaban J connectivity index is 2.52. The number of hydrogen-bond acceptors (Lipinski definition) is 2. The molecule has 0 atom stereocenters. The Labute approximate surface area is 123 Å². The highest BCUT2D eigenvalue weighted by molar-refractivity contribution is 9.10. The number of benzene rings is 2. The van der Waals surface area contributed by atoms with Gasteiger partial charge in [0.25, 0.3) is 0 Å². The van der Waals surface area contributed by atoms with Gasteiger partial charge in [-0.25, -0.2) is 8.78 Å². The van der Waals surface area contributed by atoms with Gasteiger partial charge in [-0.1, -0.05) is 22.0 Å². The minimum absolute atomic E-state index is 0.186. The molecule has 0 aliphatic carbocycles. The van der Waals surface area contributed by atoms with Crippen LogP contribution in [0.25, 0.3) is 0 Å². The summed E-state index contributed by atoms with van der Waals surface area (Å²) < 4.78 is 32.9. The van der Waals surface area contributed by atoms with E-state index in [4.69, 9.17) is 4.74 Å². The maximum absolute atomic E-state index is 13.7. The maximum Gasteiger partial charge on any atom is 0.199 e. The van der Waals surface area contributed by atoms with E-state index < -0.39 is 17.4 Å². The first kappa shape index (κ1) is 14.7. The Morgan fingerprint density at radius 2 is 1.95 bits per heavy atom. The molecule has 2 aromatic rings. The zero-order chi connectivity index (χ0) is 14.7. The third-order valence-electron chi connectivity index (χ3n) is 2.68. The molecule has 0 spiro atoms. The molecule has 0 heterocycles. The number of hydrogen-bond donors (Lipinski definition) is 0. The van der Waals surface area contributed by atoms with Crippen LogP contribution in [0.1, 0.15) is 22.8 Å². The van der Waals surface area contributed by atoms with E-state index >= 15 is 0 Å². The number of carbonyl (C=O) groups is 1. The second kappa shape index (κ2) is 6.13. The molecule has 20 heavy (non-hydrogen) atoms. The van der Waals surface area contributed by atoms with E-state index in [2.05, 4.69) is 15.9 Å². The number of rotatable bonds is 4. The van der Waals surface area contributed by atoms with E-state index in [1.807, 2.05) is 0 Å². The summed E-state index contributed by atoms with van der Waals surface area (Å²) >= 11 is 3.25. The van der Waals surface area contributed by atoms with Crippen molar-refractivity contribution in [1.29, 1.82) is 0 Å². The molecular formula is C15H11BrF2O2. The fourth-order valence-electron chi connectivity index (χ4n) is 1.79. The number of ketones is 1. The molecule has 0 aliphatic heterocycles. The van der Waals surface area contributed by atoms with Crippen LogP contribution >= 0.6 is 15.9 Å². The molecule has 2 nitrogen and oxygen atoms in total. The highest BCUT2D eigenvalue weighted by atomic mass is 79.9. The van der Waals surface area contributed by atoms with E-state index in [-0.39, 0.29) is 11.1 Å². The van der Waals surface area contributed by atoms with Crippen molar-refractivity contribution in [2.45, 2.75) is 6.92 Å². The minimum Gasteiger partial charge on any atom is -0.493 e. The smallest absolute Gasteiger partial charge is 0.199 e. The van der Waals surface area contributed by atoms with Crippen LogP contribution in [-0.4, -0.2) is 12.4 Å². The first-order chi connectivity index (χ1) is 9.54. The standard InChI is InChI=1S/C15H11BrF2O2/c1-2-20-13-7-6-9(16)8-11(13)15(19)10-4-3-5-12(17)14(10)18/h3-8H,2H2,1H3. The SMILES string of the molecule is CCOc1ccc(Br)cc1C(=O)c1cccc(F)c1F. The van der Waals surface area contributed by atoms with Gasteiger partial charge >= 0.3 is 0 Å². The number of carbonyl (C=O) groups excluding carboxylic acids is 1. The van der Waals surface area contributed by atoms with Crippen molar-refractivity contribution >= 4 is 21.7 Å². The summed E-state index contributed by atoms with van der Waals surface area (Å²) in [4.78, 5) is 12.4. The van der Waals surface area contributed by atoms with Crippen LogP contribution in [0, 0.1) is 11.6 Å². The van der Waals surface area contributed by atoms with Crippen molar-refractivity contribution < 1.29 is 18.3 Å². The van der Waals surface area contributed by atoms with Crippen LogP contribution in [0.3, 0.4) is 0 Å². The predicted octanol–water partition coefficient (Wildman–Crippen LogP) is 4.36. The van der Waals surface area contributed by atoms with Crippen LogP contribution in [-0.2, 0) is 0 Å². The van der Waals surface area contributed by atoms with Crippen LogP contribution < -0.4 is 4.74 Å². The highest BCUT2D eigenvalue weighted by Crippen LogP contribution is 2.27. The lowest BCUT2D eigenvalue weighted by atomic mass is 10.0. The summed E-state index contributed by atoms with van der Waals surface area (Å²) in [7, 11) is 0. The van der Waals surface area contributed by atoms with Gasteiger partial charge in [0.05, 0.1) is 17.7 Å². The topological polar surface area (TPSA) is 26.3 Å². The van der Waals surface area contributed by atoms with Gasteiger partial charge < -0.3 is 4.74 Å². The molecule has 2 rings (SSSR count). The van der Waals surface area contributed by atoms with Crippen LogP contribution in [0.4, 0.5) is 8.78 Å². The fraction of sp³-hybridized carbons (Fsp3) is 0.133. The van der Waals surface area contributed by atoms with Gasteiger partial charge in [0, 0.05) is 4.47 Å². The lowest BCUT2D eigenvalue weighted by Crippen LogP contribution is -2.08. The lowest BCUT2D eigenvalue weighted by molar-refractivity contribution is 0.103. The normalized spacial score (nSPS) is 10.4. The van der Waals surface area contributed by atoms with E-state index in [0.717, 1.165) is 6.07 Å². The molecular weight excluding hydrogens is 330 g/mol. The summed E-state index contributed by atoms with van der Waals surface area (Å²) in [6.45, 7) is 2.15. The van der Waals surface area contributed by atoms with Gasteiger partial charge in [0.1, 0.15) is 5.75 Å². The second-order valence-corrected chi connectivity index (χ2v) is 4.92. The van der Waals surface area contributed by atoms with Crippen LogP contribution in [0.15, 0.2) is 40.9 Å². The molecule has 5 heteroatoms. The van der Waals surface area contributed by atoms with Crippen LogP contribution in [0.2, 0.25) is 0 Å². The largest absolute Gasteiger partial charge is 0.493 e. The molecule has 0 amide bonds. The summed E-state index contributed by atoms with van der Waals surface area (Å²) in [6, 6.07) is 8.36. The quantitative estimate of drug-likeness (QED) is 0.773. The highest BCUT2D eigenvalue weighted by Gasteiger charge is 2.20. The van der Waals surface area contributed by atoms with Crippen molar-refractivity contribution in [2.75, 3.05) is 6.61 Å². The molecule has 2 aromatic carbocycles. The zero-order valence-corrected chi connectivity index (χ0v) is 12.2. The molecule has 0 fully saturated rings. The third kappa shape index (κ3) is 2.88. The molecule has 0 aromatic heterocycles. The zero-order valence-electron chi connectivity index (χ0n) is 10.6. The average Bonchev–Trinajstić information content (AvgIpc) is 2.43.